The van der Waals surface area contributed by atoms with E-state index in [0.29, 0.717) is 0 Å². The second-order valence-corrected chi connectivity index (χ2v) is 20.5. The average molecular weight is 929 g/mol. The summed E-state index contributed by atoms with van der Waals surface area (Å²) in [5.74, 6) is 0. The molecule has 0 unspecified atom stereocenters. The van der Waals surface area contributed by atoms with Gasteiger partial charge >= 0.3 is 0 Å². The van der Waals surface area contributed by atoms with Gasteiger partial charge in [-0.05, 0) is 76.2 Å². The van der Waals surface area contributed by atoms with Crippen LogP contribution in [0.3, 0.4) is 0 Å². The van der Waals surface area contributed by atoms with Crippen molar-refractivity contribution in [2.24, 2.45) is 5.41 Å². The first kappa shape index (κ1) is 50.0. The summed E-state index contributed by atoms with van der Waals surface area (Å²) in [4.78, 5) is -0.139. The normalized spacial score (nSPS) is 12.8. The van der Waals surface area contributed by atoms with Crippen molar-refractivity contribution in [3.63, 3.8) is 0 Å². The van der Waals surface area contributed by atoms with Crippen LogP contribution in [-0.4, -0.2) is 113 Å². The van der Waals surface area contributed by atoms with E-state index in [2.05, 4.69) is 0 Å². The van der Waals surface area contributed by atoms with Crippen LogP contribution in [0.4, 0.5) is 0 Å². The van der Waals surface area contributed by atoms with Crippen molar-refractivity contribution in [3.05, 3.63) is 119 Å². The molecule has 0 aliphatic carbocycles. The van der Waals surface area contributed by atoms with Gasteiger partial charge in [0.05, 0.1) is 104 Å². The van der Waals surface area contributed by atoms with Gasteiger partial charge in [-0.2, -0.15) is 33.7 Å². The molecule has 4 aromatic carbocycles. The Morgan fingerprint density at radius 2 is 0.492 bits per heavy atom. The van der Waals surface area contributed by atoms with E-state index in [1.807, 2.05) is 27.7 Å². The van der Waals surface area contributed by atoms with E-state index >= 15 is 0 Å². The van der Waals surface area contributed by atoms with Crippen LogP contribution in [-0.2, 0) is 76.2 Å². The first-order valence-electron chi connectivity index (χ1n) is 19.0. The smallest absolute Gasteiger partial charge is 0.297 e. The fourth-order valence-electron chi connectivity index (χ4n) is 5.31. The van der Waals surface area contributed by atoms with Gasteiger partial charge < -0.3 is 18.9 Å². The average Bonchev–Trinajstić information content (AvgIpc) is 3.21. The lowest BCUT2D eigenvalue weighted by molar-refractivity contribution is -0.113. The lowest BCUT2D eigenvalue weighted by Gasteiger charge is -2.33. The molecule has 0 atom stereocenters. The van der Waals surface area contributed by atoms with Crippen LogP contribution in [0.2, 0.25) is 0 Å². The summed E-state index contributed by atoms with van der Waals surface area (Å²) in [6.45, 7) is 4.05. The Morgan fingerprint density at radius 1 is 0.311 bits per heavy atom. The number of benzene rings is 4. The molecule has 0 aliphatic rings. The molecule has 0 N–H and O–H groups in total. The molecule has 336 valence electrons. The predicted molar refractivity (Wildman–Crippen MR) is 223 cm³/mol. The molecule has 0 aliphatic heterocycles. The zero-order chi connectivity index (χ0) is 44.6. The zero-order valence-electron chi connectivity index (χ0n) is 34.4. The van der Waals surface area contributed by atoms with Crippen molar-refractivity contribution >= 4 is 40.5 Å². The van der Waals surface area contributed by atoms with Crippen LogP contribution in [0.25, 0.3) is 0 Å². The first-order chi connectivity index (χ1) is 28.8. The molecule has 20 heteroatoms. The predicted octanol–water partition coefficient (Wildman–Crippen LogP) is 4.89. The van der Waals surface area contributed by atoms with Crippen molar-refractivity contribution in [1.29, 1.82) is 0 Å². The SMILES string of the molecule is Cc1ccc(S(=O)(=O)OCCOCC(COCCOS(=O)(=O)c2ccc(C)cc2)(COCCOS(=O)(=O)c2ccc(C)cc2)COCCOS(=O)(=O)c2ccc(C)cc2)cc1. The second kappa shape index (κ2) is 23.2. The third kappa shape index (κ3) is 16.5. The fourth-order valence-corrected chi connectivity index (χ4v) is 8.88. The van der Waals surface area contributed by atoms with Gasteiger partial charge in [-0.15, -0.1) is 0 Å². The third-order valence-electron chi connectivity index (χ3n) is 8.74. The fraction of sp³-hybridized carbons (Fsp3) is 0.415. The van der Waals surface area contributed by atoms with Crippen LogP contribution < -0.4 is 0 Å². The molecule has 61 heavy (non-hydrogen) atoms. The van der Waals surface area contributed by atoms with Crippen LogP contribution in [0, 0.1) is 33.1 Å². The number of hydrogen-bond acceptors (Lipinski definition) is 16. The molecular formula is C41H52O16S4. The summed E-state index contributed by atoms with van der Waals surface area (Å²) in [5, 5.41) is 0. The lowest BCUT2D eigenvalue weighted by Crippen LogP contribution is -2.43. The van der Waals surface area contributed by atoms with E-state index in [1.165, 1.54) is 48.5 Å². The Hall–Kier alpha value is -3.64. The highest BCUT2D eigenvalue weighted by Gasteiger charge is 2.33. The van der Waals surface area contributed by atoms with Gasteiger partial charge in [0.15, 0.2) is 0 Å². The number of ether oxygens (including phenoxy) is 4. The summed E-state index contributed by atoms with van der Waals surface area (Å²) >= 11 is 0. The summed E-state index contributed by atoms with van der Waals surface area (Å²) in [6, 6.07) is 24.4. The summed E-state index contributed by atoms with van der Waals surface area (Å²) in [7, 11) is -16.4. The molecule has 0 bridgehead atoms. The largest absolute Gasteiger partial charge is 0.378 e. The Labute approximate surface area is 359 Å². The maximum atomic E-state index is 12.7. The molecule has 0 saturated carbocycles. The van der Waals surface area contributed by atoms with Crippen LogP contribution in [0.1, 0.15) is 22.3 Å². The highest BCUT2D eigenvalue weighted by molar-refractivity contribution is 7.87. The van der Waals surface area contributed by atoms with Gasteiger partial charge in [0.25, 0.3) is 40.5 Å². The minimum atomic E-state index is -4.10. The molecule has 4 rings (SSSR count). The molecular weight excluding hydrogens is 877 g/mol. The Balaban J connectivity index is 1.44. The molecule has 0 amide bonds. The van der Waals surface area contributed by atoms with Crippen LogP contribution in [0.5, 0.6) is 0 Å². The van der Waals surface area contributed by atoms with Crippen LogP contribution >= 0.6 is 0 Å². The molecule has 16 nitrogen and oxygen atoms in total. The molecule has 0 fully saturated rings. The van der Waals surface area contributed by atoms with Crippen molar-refractivity contribution in [3.8, 4) is 0 Å². The second-order valence-electron chi connectivity index (χ2n) is 14.1. The standard InChI is InChI=1S/C41H52O16S4/c1-33-5-13-37(14-6-33)58(42,43)54-25-21-50-29-41(30-51-22-26-55-59(44,45)38-15-7-34(2)8-16-38,31-52-23-27-56-60(46,47)39-17-9-35(3)10-18-39)32-53-24-28-57-61(48,49)40-19-11-36(4)12-20-40/h5-20H,21-32H2,1-4H3. The van der Waals surface area contributed by atoms with E-state index in [9.17, 15) is 33.7 Å². The zero-order valence-corrected chi connectivity index (χ0v) is 37.7. The van der Waals surface area contributed by atoms with E-state index < -0.39 is 45.9 Å². The molecule has 0 radical (unpaired) electrons. The number of hydrogen-bond donors (Lipinski definition) is 0. The summed E-state index contributed by atoms with van der Waals surface area (Å²) in [6.07, 6.45) is 0. The highest BCUT2D eigenvalue weighted by Crippen LogP contribution is 2.23. The van der Waals surface area contributed by atoms with Crippen molar-refractivity contribution < 1.29 is 69.4 Å². The molecule has 0 aromatic heterocycles. The summed E-state index contributed by atoms with van der Waals surface area (Å²) < 4.78 is 146. The van der Waals surface area contributed by atoms with E-state index in [1.54, 1.807) is 48.5 Å². The van der Waals surface area contributed by atoms with Crippen molar-refractivity contribution in [1.82, 2.24) is 0 Å². The molecule has 0 spiro atoms. The van der Waals surface area contributed by atoms with E-state index in [-0.39, 0.29) is 98.9 Å². The van der Waals surface area contributed by atoms with Crippen molar-refractivity contribution in [2.75, 3.05) is 79.3 Å². The Morgan fingerprint density at radius 3 is 0.672 bits per heavy atom. The first-order valence-corrected chi connectivity index (χ1v) is 24.6. The van der Waals surface area contributed by atoms with Crippen molar-refractivity contribution in [2.45, 2.75) is 47.3 Å². The lowest BCUT2D eigenvalue weighted by atomic mass is 9.92. The third-order valence-corrected chi connectivity index (χ3v) is 14.0. The van der Waals surface area contributed by atoms with Gasteiger partial charge in [0, 0.05) is 0 Å². The minimum absolute atomic E-state index is 0.0347. The van der Waals surface area contributed by atoms with Gasteiger partial charge in [-0.3, -0.25) is 16.7 Å². The monoisotopic (exact) mass is 928 g/mol. The quantitative estimate of drug-likeness (QED) is 0.0548. The summed E-state index contributed by atoms with van der Waals surface area (Å²) in [5.41, 5.74) is 2.22. The topological polar surface area (TPSA) is 210 Å². The maximum absolute atomic E-state index is 12.7. The molecule has 4 aromatic rings. The number of aryl methyl sites for hydroxylation is 4. The highest BCUT2D eigenvalue weighted by atomic mass is 32.2. The van der Waals surface area contributed by atoms with Gasteiger partial charge in [0.2, 0.25) is 0 Å². The van der Waals surface area contributed by atoms with E-state index in [0.717, 1.165) is 22.3 Å². The Bertz CT molecular complexity index is 2060. The minimum Gasteiger partial charge on any atom is -0.378 e. The number of rotatable bonds is 28. The van der Waals surface area contributed by atoms with Gasteiger partial charge in [-0.25, -0.2) is 0 Å². The van der Waals surface area contributed by atoms with Crippen LogP contribution in [0.15, 0.2) is 117 Å². The molecule has 0 saturated heterocycles. The maximum Gasteiger partial charge on any atom is 0.297 e. The Kier molecular flexibility index (Phi) is 19.0. The molecule has 0 heterocycles. The van der Waals surface area contributed by atoms with Gasteiger partial charge in [0.1, 0.15) is 0 Å². The van der Waals surface area contributed by atoms with E-state index in [4.69, 9.17) is 35.7 Å². The van der Waals surface area contributed by atoms with Gasteiger partial charge in [-0.1, -0.05) is 70.8 Å².